The molecule has 1 amide bonds. The minimum Gasteiger partial charge on any atom is -0.480 e. The van der Waals surface area contributed by atoms with E-state index < -0.39 is 21.3 Å². The summed E-state index contributed by atoms with van der Waals surface area (Å²) in [5.74, 6) is -1.02. The van der Waals surface area contributed by atoms with Crippen LogP contribution in [0.3, 0.4) is 0 Å². The van der Waals surface area contributed by atoms with E-state index >= 15 is 0 Å². The molecule has 1 saturated heterocycles. The third kappa shape index (κ3) is 4.37. The number of thioether (sulfide) groups is 1. The van der Waals surface area contributed by atoms with Crippen molar-refractivity contribution in [3.63, 3.8) is 0 Å². The third-order valence-electron chi connectivity index (χ3n) is 3.64. The average Bonchev–Trinajstić information content (AvgIpc) is 2.73. The number of hydrogen-bond acceptors (Lipinski definition) is 5. The Kier molecular flexibility index (Phi) is 5.88. The average molecular weight is 323 g/mol. The molecule has 0 aromatic rings. The molecule has 0 bridgehead atoms. The summed E-state index contributed by atoms with van der Waals surface area (Å²) in [7, 11) is -2.95. The van der Waals surface area contributed by atoms with Crippen LogP contribution in [0, 0.1) is 0 Å². The monoisotopic (exact) mass is 323 g/mol. The van der Waals surface area contributed by atoms with E-state index in [0.29, 0.717) is 19.3 Å². The van der Waals surface area contributed by atoms with Crippen molar-refractivity contribution in [1.82, 2.24) is 5.32 Å². The van der Waals surface area contributed by atoms with Crippen LogP contribution in [0.4, 0.5) is 0 Å². The zero-order chi connectivity index (χ0) is 15.4. The van der Waals surface area contributed by atoms with Gasteiger partial charge in [0.2, 0.25) is 5.91 Å². The van der Waals surface area contributed by atoms with Gasteiger partial charge < -0.3 is 10.4 Å². The topological polar surface area (TPSA) is 101 Å². The molecule has 0 spiro atoms. The van der Waals surface area contributed by atoms with Crippen LogP contribution in [-0.2, 0) is 19.4 Å². The van der Waals surface area contributed by atoms with Gasteiger partial charge in [-0.1, -0.05) is 13.8 Å². The number of carboxylic acid groups (broad SMARTS) is 1. The lowest BCUT2D eigenvalue weighted by atomic mass is 9.93. The number of nitrogens with one attached hydrogen (secondary N) is 1. The molecule has 0 saturated carbocycles. The minimum atomic E-state index is -2.95. The molecular formula is C12H21NO5S2. The van der Waals surface area contributed by atoms with Gasteiger partial charge in [-0.15, -0.1) is 11.8 Å². The number of amides is 1. The summed E-state index contributed by atoms with van der Waals surface area (Å²) >= 11 is 1.28. The molecule has 1 rings (SSSR count). The van der Waals surface area contributed by atoms with Crippen LogP contribution in [0.5, 0.6) is 0 Å². The van der Waals surface area contributed by atoms with Crippen LogP contribution in [-0.4, -0.2) is 53.4 Å². The van der Waals surface area contributed by atoms with Gasteiger partial charge in [0.15, 0.2) is 9.84 Å². The van der Waals surface area contributed by atoms with Gasteiger partial charge in [-0.05, 0) is 19.3 Å². The number of sulfone groups is 1. The third-order valence-corrected chi connectivity index (χ3v) is 6.92. The van der Waals surface area contributed by atoms with Gasteiger partial charge in [-0.2, -0.15) is 0 Å². The molecule has 0 aliphatic carbocycles. The number of carboxylic acids is 1. The van der Waals surface area contributed by atoms with Crippen molar-refractivity contribution in [2.24, 2.45) is 0 Å². The van der Waals surface area contributed by atoms with E-state index in [1.54, 1.807) is 13.8 Å². The first-order valence-corrected chi connectivity index (χ1v) is 9.48. The highest BCUT2D eigenvalue weighted by atomic mass is 32.2. The van der Waals surface area contributed by atoms with E-state index in [1.807, 2.05) is 0 Å². The fourth-order valence-electron chi connectivity index (χ4n) is 2.17. The molecule has 1 fully saturated rings. The van der Waals surface area contributed by atoms with Gasteiger partial charge in [0.25, 0.3) is 0 Å². The first kappa shape index (κ1) is 17.3. The zero-order valence-corrected chi connectivity index (χ0v) is 13.3. The molecule has 0 radical (unpaired) electrons. The van der Waals surface area contributed by atoms with Gasteiger partial charge >= 0.3 is 5.97 Å². The second-order valence-electron chi connectivity index (χ2n) is 4.98. The maximum atomic E-state index is 11.9. The summed E-state index contributed by atoms with van der Waals surface area (Å²) < 4.78 is 22.6. The van der Waals surface area contributed by atoms with E-state index in [0.717, 1.165) is 0 Å². The first-order valence-electron chi connectivity index (χ1n) is 6.61. The Morgan fingerprint density at radius 1 is 1.35 bits per heavy atom. The van der Waals surface area contributed by atoms with Crippen molar-refractivity contribution < 1.29 is 23.1 Å². The lowest BCUT2D eigenvalue weighted by Crippen LogP contribution is -2.54. The minimum absolute atomic E-state index is 0.0618. The molecule has 0 aromatic heterocycles. The Labute approximate surface area is 123 Å². The fourth-order valence-corrected chi connectivity index (χ4v) is 5.61. The maximum absolute atomic E-state index is 11.9. The number of carbonyl (C=O) groups excluding carboxylic acids is 1. The van der Waals surface area contributed by atoms with E-state index in [4.69, 9.17) is 0 Å². The predicted molar refractivity (Wildman–Crippen MR) is 78.6 cm³/mol. The van der Waals surface area contributed by atoms with E-state index in [1.165, 1.54) is 11.8 Å². The molecule has 1 atom stereocenters. The molecule has 2 N–H and O–H groups in total. The number of carbonyl (C=O) groups is 2. The van der Waals surface area contributed by atoms with Crippen molar-refractivity contribution in [3.05, 3.63) is 0 Å². The number of aliphatic carboxylic acids is 1. The zero-order valence-electron chi connectivity index (χ0n) is 11.7. The summed E-state index contributed by atoms with van der Waals surface area (Å²) in [6, 6.07) is 0. The first-order chi connectivity index (χ1) is 9.24. The maximum Gasteiger partial charge on any atom is 0.329 e. The largest absolute Gasteiger partial charge is 0.480 e. The summed E-state index contributed by atoms with van der Waals surface area (Å²) in [6.45, 7) is 3.43. The van der Waals surface area contributed by atoms with Crippen LogP contribution in [0.15, 0.2) is 0 Å². The summed E-state index contributed by atoms with van der Waals surface area (Å²) in [5, 5.41) is 11.7. The Morgan fingerprint density at radius 2 is 1.95 bits per heavy atom. The molecule has 1 unspecified atom stereocenters. The van der Waals surface area contributed by atoms with E-state index in [-0.39, 0.29) is 28.4 Å². The van der Waals surface area contributed by atoms with Gasteiger partial charge in [0.1, 0.15) is 5.54 Å². The lowest BCUT2D eigenvalue weighted by Gasteiger charge is -2.28. The molecule has 8 heteroatoms. The van der Waals surface area contributed by atoms with E-state index in [9.17, 15) is 23.1 Å². The Bertz CT molecular complexity index is 470. The van der Waals surface area contributed by atoms with E-state index in [2.05, 4.69) is 5.32 Å². The number of hydrogen-bond donors (Lipinski definition) is 2. The molecule has 1 heterocycles. The highest BCUT2D eigenvalue weighted by Crippen LogP contribution is 2.24. The van der Waals surface area contributed by atoms with Gasteiger partial charge in [0.05, 0.1) is 17.3 Å². The van der Waals surface area contributed by atoms with Crippen LogP contribution in [0.2, 0.25) is 0 Å². The van der Waals surface area contributed by atoms with Crippen molar-refractivity contribution in [1.29, 1.82) is 0 Å². The van der Waals surface area contributed by atoms with Gasteiger partial charge in [0, 0.05) is 5.25 Å². The second-order valence-corrected chi connectivity index (χ2v) is 8.50. The van der Waals surface area contributed by atoms with Crippen molar-refractivity contribution >= 4 is 33.5 Å². The second kappa shape index (κ2) is 6.80. The van der Waals surface area contributed by atoms with Gasteiger partial charge in [-0.3, -0.25) is 4.79 Å². The van der Waals surface area contributed by atoms with Crippen LogP contribution in [0.1, 0.15) is 33.1 Å². The van der Waals surface area contributed by atoms with Crippen molar-refractivity contribution in [3.8, 4) is 0 Å². The predicted octanol–water partition coefficient (Wildman–Crippen LogP) is 0.666. The highest BCUT2D eigenvalue weighted by molar-refractivity contribution is 8.02. The standard InChI is InChI=1S/C12H21NO5S2/c1-3-12(4-2,11(15)16)13-10(14)7-19-9-5-6-20(17,18)8-9/h9H,3-8H2,1-2H3,(H,13,14)(H,15,16). The molecular weight excluding hydrogens is 302 g/mol. The summed E-state index contributed by atoms with van der Waals surface area (Å²) in [6.07, 6.45) is 1.19. The van der Waals surface area contributed by atoms with Crippen LogP contribution < -0.4 is 5.32 Å². The Morgan fingerprint density at radius 3 is 2.35 bits per heavy atom. The quantitative estimate of drug-likeness (QED) is 0.714. The fraction of sp³-hybridized carbons (Fsp3) is 0.833. The molecule has 116 valence electrons. The smallest absolute Gasteiger partial charge is 0.329 e. The SMILES string of the molecule is CCC(CC)(NC(=O)CSC1CCS(=O)(=O)C1)C(=O)O. The molecule has 1 aliphatic heterocycles. The number of rotatable bonds is 7. The van der Waals surface area contributed by atoms with Crippen LogP contribution >= 0.6 is 11.8 Å². The van der Waals surface area contributed by atoms with Crippen molar-refractivity contribution in [2.45, 2.75) is 43.9 Å². The Balaban J connectivity index is 2.49. The Hall–Kier alpha value is -0.760. The van der Waals surface area contributed by atoms with Crippen molar-refractivity contribution in [2.75, 3.05) is 17.3 Å². The molecule has 20 heavy (non-hydrogen) atoms. The lowest BCUT2D eigenvalue weighted by molar-refractivity contribution is -0.147. The molecule has 6 nitrogen and oxygen atoms in total. The summed E-state index contributed by atoms with van der Waals surface area (Å²) in [5.41, 5.74) is -1.22. The molecule has 1 aliphatic rings. The van der Waals surface area contributed by atoms with Crippen LogP contribution in [0.25, 0.3) is 0 Å². The normalized spacial score (nSPS) is 21.6. The summed E-state index contributed by atoms with van der Waals surface area (Å²) in [4.78, 5) is 23.1. The highest BCUT2D eigenvalue weighted by Gasteiger charge is 2.36. The van der Waals surface area contributed by atoms with Gasteiger partial charge in [-0.25, -0.2) is 13.2 Å². The molecule has 0 aromatic carbocycles.